The van der Waals surface area contributed by atoms with Gasteiger partial charge in [0.1, 0.15) is 30.0 Å². The molecule has 180 valence electrons. The molecule has 0 saturated carbocycles. The maximum absolute atomic E-state index is 13.4. The minimum absolute atomic E-state index is 0.233. The Morgan fingerprint density at radius 2 is 1.79 bits per heavy atom. The topological polar surface area (TPSA) is 91.7 Å². The highest BCUT2D eigenvalue weighted by atomic mass is 16.6. The number of nitrogens with zero attached hydrogens (tertiary/aromatic N) is 2. The Kier molecular flexibility index (Phi) is 8.17. The Bertz CT molecular complexity index is 1010. The molecule has 3 atom stereocenters. The second-order valence-corrected chi connectivity index (χ2v) is 9.80. The number of rotatable bonds is 7. The fraction of sp³-hybridized carbons (Fsp3) is 0.444. The minimum atomic E-state index is -0.841. The highest BCUT2D eigenvalue weighted by Crippen LogP contribution is 2.24. The van der Waals surface area contributed by atoms with E-state index in [0.29, 0.717) is 25.3 Å². The van der Waals surface area contributed by atoms with Gasteiger partial charge in [0.15, 0.2) is 0 Å². The van der Waals surface area contributed by atoms with Crippen molar-refractivity contribution in [1.29, 1.82) is 5.26 Å². The summed E-state index contributed by atoms with van der Waals surface area (Å²) in [6, 6.07) is 18.2. The average molecular weight is 464 g/mol. The number of alkyl carbamates (subject to hydrolysis) is 1. The Balaban J connectivity index is 1.70. The lowest BCUT2D eigenvalue weighted by Crippen LogP contribution is -2.51. The molecule has 1 aliphatic heterocycles. The van der Waals surface area contributed by atoms with Crippen molar-refractivity contribution >= 4 is 12.0 Å². The summed E-state index contributed by atoms with van der Waals surface area (Å²) in [6.45, 7) is 8.28. The van der Waals surface area contributed by atoms with Gasteiger partial charge in [0.25, 0.3) is 0 Å². The number of nitriles is 1. The molecule has 3 rings (SSSR count). The lowest BCUT2D eigenvalue weighted by Gasteiger charge is -2.28. The van der Waals surface area contributed by atoms with Crippen molar-refractivity contribution in [3.8, 4) is 11.8 Å². The maximum Gasteiger partial charge on any atom is 0.408 e. The van der Waals surface area contributed by atoms with Gasteiger partial charge < -0.3 is 19.7 Å². The summed E-state index contributed by atoms with van der Waals surface area (Å²) in [7, 11) is 0. The van der Waals surface area contributed by atoms with Gasteiger partial charge in [0.2, 0.25) is 5.91 Å². The molecule has 7 nitrogen and oxygen atoms in total. The molecule has 1 N–H and O–H groups in total. The zero-order chi connectivity index (χ0) is 24.7. The van der Waals surface area contributed by atoms with Gasteiger partial charge in [-0.2, -0.15) is 5.26 Å². The first-order valence-corrected chi connectivity index (χ1v) is 11.6. The predicted octanol–water partition coefficient (Wildman–Crippen LogP) is 4.46. The Morgan fingerprint density at radius 1 is 1.12 bits per heavy atom. The van der Waals surface area contributed by atoms with E-state index in [-0.39, 0.29) is 18.2 Å². The smallest absolute Gasteiger partial charge is 0.408 e. The van der Waals surface area contributed by atoms with E-state index < -0.39 is 23.8 Å². The van der Waals surface area contributed by atoms with Crippen LogP contribution in [0, 0.1) is 17.2 Å². The normalized spacial score (nSPS) is 18.6. The first-order chi connectivity index (χ1) is 16.1. The van der Waals surface area contributed by atoms with E-state index in [2.05, 4.69) is 11.4 Å². The molecule has 0 aliphatic carbocycles. The van der Waals surface area contributed by atoms with Crippen LogP contribution in [-0.4, -0.2) is 41.1 Å². The first-order valence-electron chi connectivity index (χ1n) is 11.6. The summed E-state index contributed by atoms with van der Waals surface area (Å²) in [5, 5.41) is 12.2. The maximum atomic E-state index is 13.4. The van der Waals surface area contributed by atoms with Crippen LogP contribution in [0.4, 0.5) is 4.79 Å². The largest absolute Gasteiger partial charge is 0.489 e. The minimum Gasteiger partial charge on any atom is -0.489 e. The Morgan fingerprint density at radius 3 is 2.41 bits per heavy atom. The summed E-state index contributed by atoms with van der Waals surface area (Å²) in [5.41, 5.74) is 1.25. The van der Waals surface area contributed by atoms with Gasteiger partial charge in [0, 0.05) is 13.0 Å². The molecule has 0 radical (unpaired) electrons. The lowest BCUT2D eigenvalue weighted by atomic mass is 10.0. The van der Waals surface area contributed by atoms with Gasteiger partial charge in [-0.15, -0.1) is 0 Å². The van der Waals surface area contributed by atoms with Gasteiger partial charge in [-0.3, -0.25) is 4.79 Å². The third-order valence-electron chi connectivity index (χ3n) is 5.54. The zero-order valence-corrected chi connectivity index (χ0v) is 20.3. The van der Waals surface area contributed by atoms with Crippen LogP contribution >= 0.6 is 0 Å². The van der Waals surface area contributed by atoms with Gasteiger partial charge in [-0.25, -0.2) is 4.79 Å². The number of carbonyl (C=O) groups excluding carboxylic acids is 2. The van der Waals surface area contributed by atoms with Crippen molar-refractivity contribution in [2.24, 2.45) is 5.92 Å². The fourth-order valence-electron chi connectivity index (χ4n) is 3.96. The Hall–Kier alpha value is -3.53. The third kappa shape index (κ3) is 7.24. The first kappa shape index (κ1) is 25.1. The second-order valence-electron chi connectivity index (χ2n) is 9.80. The zero-order valence-electron chi connectivity index (χ0n) is 20.3. The number of hydrogen-bond donors (Lipinski definition) is 1. The summed E-state index contributed by atoms with van der Waals surface area (Å²) < 4.78 is 11.2. The molecule has 0 unspecified atom stereocenters. The van der Waals surface area contributed by atoms with E-state index in [1.807, 2.05) is 61.5 Å². The lowest BCUT2D eigenvalue weighted by molar-refractivity contribution is -0.133. The number of hydrogen-bond acceptors (Lipinski definition) is 5. The summed E-state index contributed by atoms with van der Waals surface area (Å²) in [4.78, 5) is 27.4. The molecular formula is C27H33N3O4. The van der Waals surface area contributed by atoms with Crippen molar-refractivity contribution in [1.82, 2.24) is 10.2 Å². The molecule has 0 spiro atoms. The quantitative estimate of drug-likeness (QED) is 0.654. The number of amides is 2. The summed E-state index contributed by atoms with van der Waals surface area (Å²) >= 11 is 0. The molecule has 2 amide bonds. The van der Waals surface area contributed by atoms with E-state index in [0.717, 1.165) is 11.1 Å². The number of nitrogens with one attached hydrogen (secondary N) is 1. The van der Waals surface area contributed by atoms with Crippen LogP contribution in [-0.2, 0) is 22.6 Å². The standard InChI is InChI=1S/C27H33N3O4/c1-19-14-22(16-28)30(17-19)25(31)24(29-26(32)34-27(2,3)4)15-20-10-12-23(13-11-20)33-18-21-8-6-5-7-9-21/h5-13,19,22,24H,14-15,17-18H2,1-4H3,(H,29,32)/t19-,22+,24+/m1/s1. The van der Waals surface area contributed by atoms with E-state index in [4.69, 9.17) is 9.47 Å². The highest BCUT2D eigenvalue weighted by molar-refractivity contribution is 5.86. The van der Waals surface area contributed by atoms with Crippen molar-refractivity contribution in [3.05, 3.63) is 65.7 Å². The number of likely N-dealkylation sites (tertiary alicyclic amines) is 1. The summed E-state index contributed by atoms with van der Waals surface area (Å²) in [6.07, 6.45) is 0.254. The third-order valence-corrected chi connectivity index (χ3v) is 5.54. The van der Waals surface area contributed by atoms with Gasteiger partial charge in [0.05, 0.1) is 6.07 Å². The van der Waals surface area contributed by atoms with Crippen LogP contribution in [0.1, 0.15) is 45.2 Å². The molecule has 1 heterocycles. The van der Waals surface area contributed by atoms with Gasteiger partial charge in [-0.1, -0.05) is 49.4 Å². The van der Waals surface area contributed by atoms with E-state index >= 15 is 0 Å². The van der Waals surface area contributed by atoms with E-state index in [1.54, 1.807) is 25.7 Å². The molecule has 0 bridgehead atoms. The summed E-state index contributed by atoms with van der Waals surface area (Å²) in [5.74, 6) is 0.677. The molecule has 1 saturated heterocycles. The van der Waals surface area contributed by atoms with E-state index in [9.17, 15) is 14.9 Å². The number of carbonyl (C=O) groups is 2. The highest BCUT2D eigenvalue weighted by Gasteiger charge is 2.37. The van der Waals surface area contributed by atoms with Crippen LogP contribution in [0.15, 0.2) is 54.6 Å². The van der Waals surface area contributed by atoms with Crippen LogP contribution in [0.5, 0.6) is 5.75 Å². The second kappa shape index (κ2) is 11.1. The van der Waals surface area contributed by atoms with Crippen LogP contribution in [0.2, 0.25) is 0 Å². The molecule has 7 heteroatoms. The number of benzene rings is 2. The van der Waals surface area contributed by atoms with Gasteiger partial charge >= 0.3 is 6.09 Å². The van der Waals surface area contributed by atoms with Gasteiger partial charge in [-0.05, 0) is 56.4 Å². The fourth-order valence-corrected chi connectivity index (χ4v) is 3.96. The Labute approximate surface area is 201 Å². The van der Waals surface area contributed by atoms with Crippen molar-refractivity contribution in [3.63, 3.8) is 0 Å². The molecule has 2 aromatic carbocycles. The van der Waals surface area contributed by atoms with Crippen LogP contribution in [0.3, 0.4) is 0 Å². The average Bonchev–Trinajstić information content (AvgIpc) is 3.18. The molecule has 2 aromatic rings. The monoisotopic (exact) mass is 463 g/mol. The molecular weight excluding hydrogens is 430 g/mol. The predicted molar refractivity (Wildman–Crippen MR) is 129 cm³/mol. The van der Waals surface area contributed by atoms with E-state index in [1.165, 1.54) is 0 Å². The van der Waals surface area contributed by atoms with Crippen molar-refractivity contribution in [2.45, 2.75) is 64.8 Å². The molecule has 1 aliphatic rings. The van der Waals surface area contributed by atoms with Crippen molar-refractivity contribution < 1.29 is 19.1 Å². The SMILES string of the molecule is C[C@@H]1C[C@@H](C#N)N(C(=O)[C@H](Cc2ccc(OCc3ccccc3)cc2)NC(=O)OC(C)(C)C)C1. The van der Waals surface area contributed by atoms with Crippen LogP contribution in [0.25, 0.3) is 0 Å². The molecule has 34 heavy (non-hydrogen) atoms. The molecule has 1 fully saturated rings. The van der Waals surface area contributed by atoms with Crippen LogP contribution < -0.4 is 10.1 Å². The van der Waals surface area contributed by atoms with Crippen molar-refractivity contribution in [2.75, 3.05) is 6.54 Å². The number of ether oxygens (including phenoxy) is 2. The molecule has 0 aromatic heterocycles.